The molecule has 7 nitrogen and oxygen atoms in total. The van der Waals surface area contributed by atoms with E-state index in [9.17, 15) is 4.79 Å². The van der Waals surface area contributed by atoms with Crippen LogP contribution < -0.4 is 16.0 Å². The Kier molecular flexibility index (Phi) is 8.56. The van der Waals surface area contributed by atoms with E-state index in [1.807, 2.05) is 51.1 Å². The summed E-state index contributed by atoms with van der Waals surface area (Å²) in [5, 5.41) is 8.96. The molecule has 0 spiro atoms. The van der Waals surface area contributed by atoms with Gasteiger partial charge in [-0.25, -0.2) is 4.98 Å². The van der Waals surface area contributed by atoms with E-state index in [0.29, 0.717) is 18.4 Å². The average Bonchev–Trinajstić information content (AvgIpc) is 3.03. The van der Waals surface area contributed by atoms with Crippen molar-refractivity contribution in [3.8, 4) is 11.5 Å². The van der Waals surface area contributed by atoms with E-state index in [1.165, 1.54) is 0 Å². The Morgan fingerprint density at radius 1 is 1.19 bits per heavy atom. The van der Waals surface area contributed by atoms with Crippen LogP contribution in [0.4, 0.5) is 0 Å². The number of aliphatic imine (C=N–C) groups is 1. The molecule has 1 heterocycles. The van der Waals surface area contributed by atoms with Gasteiger partial charge in [0.05, 0.1) is 18.8 Å². The molecule has 0 unspecified atom stereocenters. The van der Waals surface area contributed by atoms with Gasteiger partial charge < -0.3 is 20.4 Å². The average molecular weight is 471 g/mol. The van der Waals surface area contributed by atoms with Crippen molar-refractivity contribution in [2.75, 3.05) is 13.6 Å². The molecule has 1 amide bonds. The minimum absolute atomic E-state index is 0. The fourth-order valence-corrected chi connectivity index (χ4v) is 2.12. The predicted molar refractivity (Wildman–Crippen MR) is 113 cm³/mol. The van der Waals surface area contributed by atoms with Crippen molar-refractivity contribution in [1.82, 2.24) is 20.9 Å². The fourth-order valence-electron chi connectivity index (χ4n) is 2.12. The molecule has 2 aromatic rings. The molecule has 0 saturated carbocycles. The van der Waals surface area contributed by atoms with Gasteiger partial charge in [0.15, 0.2) is 5.96 Å². The van der Waals surface area contributed by atoms with E-state index < -0.39 is 0 Å². The number of carbonyl (C=O) groups is 1. The first-order chi connectivity index (χ1) is 11.9. The van der Waals surface area contributed by atoms with E-state index in [4.69, 9.17) is 4.42 Å². The van der Waals surface area contributed by atoms with E-state index in [2.05, 4.69) is 25.9 Å². The molecule has 2 rings (SSSR count). The van der Waals surface area contributed by atoms with Crippen molar-refractivity contribution in [3.63, 3.8) is 0 Å². The number of rotatable bonds is 5. The summed E-state index contributed by atoms with van der Waals surface area (Å²) >= 11 is 0. The third kappa shape index (κ3) is 7.42. The van der Waals surface area contributed by atoms with Gasteiger partial charge in [-0.1, -0.05) is 18.2 Å². The number of guanidine groups is 1. The van der Waals surface area contributed by atoms with Crippen LogP contribution in [0.25, 0.3) is 11.5 Å². The Bertz CT molecular complexity index is 723. The first kappa shape index (κ1) is 21.9. The summed E-state index contributed by atoms with van der Waals surface area (Å²) in [5.74, 6) is 1.00. The third-order valence-electron chi connectivity index (χ3n) is 3.16. The lowest BCUT2D eigenvalue weighted by atomic mass is 10.1. The maximum absolute atomic E-state index is 11.8. The lowest BCUT2D eigenvalue weighted by molar-refractivity contribution is -0.121. The molecule has 0 aliphatic heterocycles. The van der Waals surface area contributed by atoms with E-state index in [0.717, 1.165) is 11.3 Å². The summed E-state index contributed by atoms with van der Waals surface area (Å²) in [6.45, 7) is 6.40. The molecule has 0 aliphatic rings. The Hall–Kier alpha value is -2.10. The van der Waals surface area contributed by atoms with Gasteiger partial charge in [0.2, 0.25) is 11.8 Å². The normalized spacial score (nSPS) is 11.5. The summed E-state index contributed by atoms with van der Waals surface area (Å²) in [7, 11) is 1.65. The first-order valence-corrected chi connectivity index (χ1v) is 8.13. The van der Waals surface area contributed by atoms with Crippen molar-refractivity contribution < 1.29 is 9.21 Å². The van der Waals surface area contributed by atoms with Crippen molar-refractivity contribution in [1.29, 1.82) is 0 Å². The highest BCUT2D eigenvalue weighted by atomic mass is 127. The Balaban J connectivity index is 0.00000338. The van der Waals surface area contributed by atoms with Crippen LogP contribution in [-0.2, 0) is 11.3 Å². The van der Waals surface area contributed by atoms with E-state index in [-0.39, 0.29) is 42.0 Å². The van der Waals surface area contributed by atoms with Gasteiger partial charge in [0, 0.05) is 18.2 Å². The zero-order valence-electron chi connectivity index (χ0n) is 15.5. The van der Waals surface area contributed by atoms with Crippen molar-refractivity contribution in [2.24, 2.45) is 4.99 Å². The third-order valence-corrected chi connectivity index (χ3v) is 3.16. The number of benzene rings is 1. The fraction of sp³-hybridized carbons (Fsp3) is 0.389. The van der Waals surface area contributed by atoms with Crippen LogP contribution in [0.2, 0.25) is 0 Å². The molecule has 142 valence electrons. The SMILES string of the molecule is CN=C(NCC(=O)NC(C)(C)C)NCc1coc(-c2ccccc2)n1.I. The molecule has 0 atom stereocenters. The second kappa shape index (κ2) is 10.1. The standard InChI is InChI=1S/C18H25N5O2.HI/c1-18(2,3)23-15(24)11-21-17(19-4)20-10-14-12-25-16(22-14)13-8-6-5-7-9-13;/h5-9,12H,10-11H2,1-4H3,(H,23,24)(H2,19,20,21);1H. The highest BCUT2D eigenvalue weighted by molar-refractivity contribution is 14.0. The second-order valence-electron chi connectivity index (χ2n) is 6.59. The summed E-state index contributed by atoms with van der Waals surface area (Å²) in [5.41, 5.74) is 1.42. The minimum Gasteiger partial charge on any atom is -0.444 e. The number of nitrogens with one attached hydrogen (secondary N) is 3. The molecular weight excluding hydrogens is 445 g/mol. The van der Waals surface area contributed by atoms with Crippen LogP contribution in [0.5, 0.6) is 0 Å². The topological polar surface area (TPSA) is 91.5 Å². The Morgan fingerprint density at radius 2 is 1.88 bits per heavy atom. The number of aromatic nitrogens is 1. The quantitative estimate of drug-likeness (QED) is 0.354. The van der Waals surface area contributed by atoms with Gasteiger partial charge >= 0.3 is 0 Å². The number of carbonyl (C=O) groups excluding carboxylic acids is 1. The molecule has 8 heteroatoms. The second-order valence-corrected chi connectivity index (χ2v) is 6.59. The van der Waals surface area contributed by atoms with Crippen LogP contribution in [0.15, 0.2) is 46.0 Å². The lowest BCUT2D eigenvalue weighted by Crippen LogP contribution is -2.48. The van der Waals surface area contributed by atoms with Crippen molar-refractivity contribution in [3.05, 3.63) is 42.3 Å². The Morgan fingerprint density at radius 3 is 2.50 bits per heavy atom. The molecule has 0 radical (unpaired) electrons. The number of nitrogens with zero attached hydrogens (tertiary/aromatic N) is 2. The predicted octanol–water partition coefficient (Wildman–Crippen LogP) is 2.54. The van der Waals surface area contributed by atoms with Crippen LogP contribution in [0, 0.1) is 0 Å². The minimum atomic E-state index is -0.260. The highest BCUT2D eigenvalue weighted by Gasteiger charge is 2.14. The smallest absolute Gasteiger partial charge is 0.239 e. The lowest BCUT2D eigenvalue weighted by Gasteiger charge is -2.21. The first-order valence-electron chi connectivity index (χ1n) is 8.13. The number of halogens is 1. The maximum atomic E-state index is 11.8. The molecular formula is C18H26IN5O2. The molecule has 1 aromatic heterocycles. The Labute approximate surface area is 171 Å². The van der Waals surface area contributed by atoms with Crippen LogP contribution in [0.1, 0.15) is 26.5 Å². The highest BCUT2D eigenvalue weighted by Crippen LogP contribution is 2.17. The number of amides is 1. The molecule has 26 heavy (non-hydrogen) atoms. The summed E-state index contributed by atoms with van der Waals surface area (Å²) in [6, 6.07) is 9.70. The van der Waals surface area contributed by atoms with E-state index in [1.54, 1.807) is 13.3 Å². The molecule has 0 saturated heterocycles. The zero-order chi connectivity index (χ0) is 18.3. The van der Waals surface area contributed by atoms with Gasteiger partial charge in [0.25, 0.3) is 0 Å². The van der Waals surface area contributed by atoms with Crippen molar-refractivity contribution >= 4 is 35.8 Å². The van der Waals surface area contributed by atoms with Gasteiger partial charge in [-0.05, 0) is 32.9 Å². The monoisotopic (exact) mass is 471 g/mol. The molecule has 0 bridgehead atoms. The van der Waals surface area contributed by atoms with Gasteiger partial charge in [-0.15, -0.1) is 24.0 Å². The number of hydrogen-bond acceptors (Lipinski definition) is 4. The van der Waals surface area contributed by atoms with Gasteiger partial charge in [0.1, 0.15) is 6.26 Å². The summed E-state index contributed by atoms with van der Waals surface area (Å²) in [6.07, 6.45) is 1.61. The van der Waals surface area contributed by atoms with Crippen LogP contribution in [0.3, 0.4) is 0 Å². The molecule has 3 N–H and O–H groups in total. The zero-order valence-corrected chi connectivity index (χ0v) is 17.8. The number of hydrogen-bond donors (Lipinski definition) is 3. The molecule has 0 aliphatic carbocycles. The summed E-state index contributed by atoms with van der Waals surface area (Å²) in [4.78, 5) is 20.4. The molecule has 1 aromatic carbocycles. The largest absolute Gasteiger partial charge is 0.444 e. The van der Waals surface area contributed by atoms with Crippen LogP contribution >= 0.6 is 24.0 Å². The number of oxazole rings is 1. The van der Waals surface area contributed by atoms with E-state index >= 15 is 0 Å². The summed E-state index contributed by atoms with van der Waals surface area (Å²) < 4.78 is 5.49. The van der Waals surface area contributed by atoms with Crippen molar-refractivity contribution in [2.45, 2.75) is 32.9 Å². The maximum Gasteiger partial charge on any atom is 0.239 e. The molecule has 0 fully saturated rings. The van der Waals surface area contributed by atoms with Crippen LogP contribution in [-0.4, -0.2) is 36.0 Å². The van der Waals surface area contributed by atoms with Gasteiger partial charge in [-0.2, -0.15) is 0 Å². The van der Waals surface area contributed by atoms with Gasteiger partial charge in [-0.3, -0.25) is 9.79 Å².